The molecule has 0 radical (unpaired) electrons. The van der Waals surface area contributed by atoms with Crippen LogP contribution in [0.25, 0.3) is 4.96 Å². The second kappa shape index (κ2) is 11.4. The van der Waals surface area contributed by atoms with E-state index < -0.39 is 23.3 Å². The number of hydrogen-bond acceptors (Lipinski definition) is 7. The molecule has 2 N–H and O–H groups in total. The van der Waals surface area contributed by atoms with Crippen molar-refractivity contribution in [2.75, 3.05) is 10.6 Å². The van der Waals surface area contributed by atoms with Crippen LogP contribution >= 0.6 is 11.3 Å². The zero-order valence-electron chi connectivity index (χ0n) is 21.5. The molecule has 0 saturated heterocycles. The van der Waals surface area contributed by atoms with Crippen LogP contribution in [0.4, 0.5) is 11.4 Å². The summed E-state index contributed by atoms with van der Waals surface area (Å²) in [5.41, 5.74) is 2.20. The van der Waals surface area contributed by atoms with Gasteiger partial charge in [0.1, 0.15) is 10.6 Å². The lowest BCUT2D eigenvalue weighted by Crippen LogP contribution is -2.25. The van der Waals surface area contributed by atoms with Crippen molar-refractivity contribution in [2.24, 2.45) is 0 Å². The Labute approximate surface area is 223 Å². The number of esters is 1. The van der Waals surface area contributed by atoms with Crippen molar-refractivity contribution in [1.29, 1.82) is 0 Å². The van der Waals surface area contributed by atoms with Gasteiger partial charge in [0.25, 0.3) is 17.4 Å². The van der Waals surface area contributed by atoms with Gasteiger partial charge in [-0.3, -0.25) is 14.4 Å². The first kappa shape index (κ1) is 26.7. The van der Waals surface area contributed by atoms with Gasteiger partial charge in [0.05, 0.1) is 11.7 Å². The van der Waals surface area contributed by atoms with E-state index in [1.807, 2.05) is 26.0 Å². The molecule has 0 spiro atoms. The van der Waals surface area contributed by atoms with E-state index in [0.29, 0.717) is 29.1 Å². The third-order valence-corrected chi connectivity index (χ3v) is 6.65. The number of aryl methyl sites for hydroxylation is 2. The Kier molecular flexibility index (Phi) is 8.02. The zero-order chi connectivity index (χ0) is 27.4. The fourth-order valence-electron chi connectivity index (χ4n) is 3.82. The molecule has 2 amide bonds. The van der Waals surface area contributed by atoms with Gasteiger partial charge in [-0.25, -0.2) is 14.2 Å². The number of nitrogens with one attached hydrogen (secondary N) is 2. The van der Waals surface area contributed by atoms with E-state index in [2.05, 4.69) is 15.6 Å². The zero-order valence-corrected chi connectivity index (χ0v) is 22.3. The number of carbonyl (C=O) groups excluding carboxylic acids is 3. The van der Waals surface area contributed by atoms with Crippen LogP contribution in [0.3, 0.4) is 0 Å². The monoisotopic (exact) mass is 532 g/mol. The van der Waals surface area contributed by atoms with Crippen molar-refractivity contribution < 1.29 is 19.1 Å². The van der Waals surface area contributed by atoms with E-state index in [-0.39, 0.29) is 21.6 Å². The Balaban J connectivity index is 1.72. The van der Waals surface area contributed by atoms with Crippen molar-refractivity contribution >= 4 is 45.5 Å². The van der Waals surface area contributed by atoms with Crippen molar-refractivity contribution in [3.8, 4) is 0 Å². The number of anilines is 2. The lowest BCUT2D eigenvalue weighted by atomic mass is 10.2. The Morgan fingerprint density at radius 1 is 1.03 bits per heavy atom. The van der Waals surface area contributed by atoms with Gasteiger partial charge < -0.3 is 15.4 Å². The molecule has 0 saturated carbocycles. The first-order chi connectivity index (χ1) is 18.2. The minimum absolute atomic E-state index is 0.0566. The fraction of sp³-hybridized carbons (Fsp3) is 0.250. The van der Waals surface area contributed by atoms with Crippen molar-refractivity contribution in [3.05, 3.63) is 92.3 Å². The largest absolute Gasteiger partial charge is 0.459 e. The van der Waals surface area contributed by atoms with Crippen LogP contribution in [0.1, 0.15) is 69.0 Å². The lowest BCUT2D eigenvalue weighted by molar-refractivity contribution is 0.0377. The highest BCUT2D eigenvalue weighted by molar-refractivity contribution is 7.19. The molecule has 196 valence electrons. The van der Waals surface area contributed by atoms with Gasteiger partial charge in [-0.15, -0.1) is 0 Å². The van der Waals surface area contributed by atoms with Gasteiger partial charge in [-0.1, -0.05) is 42.9 Å². The third kappa shape index (κ3) is 5.81. The average Bonchev–Trinajstić information content (AvgIpc) is 3.26. The predicted octanol–water partition coefficient (Wildman–Crippen LogP) is 5.09. The summed E-state index contributed by atoms with van der Waals surface area (Å²) < 4.78 is 6.36. The number of para-hydroxylation sites is 1. The van der Waals surface area contributed by atoms with Gasteiger partial charge >= 0.3 is 5.97 Å². The number of nitrogens with zero attached hydrogens (tertiary/aromatic N) is 2. The van der Waals surface area contributed by atoms with Crippen LogP contribution in [0.5, 0.6) is 0 Å². The third-order valence-electron chi connectivity index (χ3n) is 5.61. The Morgan fingerprint density at radius 2 is 1.74 bits per heavy atom. The molecule has 9 nitrogen and oxygen atoms in total. The molecule has 2 heterocycles. The molecule has 4 aromatic rings. The molecule has 0 aliphatic heterocycles. The summed E-state index contributed by atoms with van der Waals surface area (Å²) in [4.78, 5) is 56.9. The molecule has 0 unspecified atom stereocenters. The number of fused-ring (bicyclic) bond motifs is 1. The van der Waals surface area contributed by atoms with Crippen LogP contribution in [-0.4, -0.2) is 33.3 Å². The van der Waals surface area contributed by atoms with Gasteiger partial charge in [-0.2, -0.15) is 0 Å². The van der Waals surface area contributed by atoms with E-state index in [4.69, 9.17) is 4.74 Å². The Morgan fingerprint density at radius 3 is 2.39 bits per heavy atom. The van der Waals surface area contributed by atoms with E-state index in [1.54, 1.807) is 38.1 Å². The maximum atomic E-state index is 13.5. The number of aromatic nitrogens is 2. The quantitative estimate of drug-likeness (QED) is 0.305. The maximum Gasteiger partial charge on any atom is 0.338 e. The molecular weight excluding hydrogens is 504 g/mol. The second-order valence-corrected chi connectivity index (χ2v) is 9.97. The highest BCUT2D eigenvalue weighted by atomic mass is 32.1. The first-order valence-electron chi connectivity index (χ1n) is 12.2. The molecule has 2 aromatic heterocycles. The summed E-state index contributed by atoms with van der Waals surface area (Å²) in [5, 5.41) is 5.57. The highest BCUT2D eigenvalue weighted by Gasteiger charge is 2.27. The number of carbonyl (C=O) groups is 3. The number of ether oxygens (including phenoxy) is 1. The van der Waals surface area contributed by atoms with E-state index >= 15 is 0 Å². The van der Waals surface area contributed by atoms with Crippen LogP contribution in [0.2, 0.25) is 0 Å². The van der Waals surface area contributed by atoms with Gasteiger partial charge in [-0.05, 0) is 63.1 Å². The van der Waals surface area contributed by atoms with Crippen molar-refractivity contribution in [1.82, 2.24) is 9.38 Å². The molecule has 0 aliphatic rings. The number of rotatable bonds is 8. The minimum atomic E-state index is -0.657. The van der Waals surface area contributed by atoms with Crippen molar-refractivity contribution in [2.45, 2.75) is 46.6 Å². The average molecular weight is 533 g/mol. The predicted molar refractivity (Wildman–Crippen MR) is 147 cm³/mol. The van der Waals surface area contributed by atoms with Crippen LogP contribution in [-0.2, 0) is 11.2 Å². The van der Waals surface area contributed by atoms with Gasteiger partial charge in [0, 0.05) is 23.1 Å². The fourth-order valence-corrected chi connectivity index (χ4v) is 4.86. The first-order valence-corrected chi connectivity index (χ1v) is 13.0. The molecule has 2 aromatic carbocycles. The highest BCUT2D eigenvalue weighted by Crippen LogP contribution is 2.25. The van der Waals surface area contributed by atoms with Crippen molar-refractivity contribution in [3.63, 3.8) is 0 Å². The Hall–Kier alpha value is -4.31. The lowest BCUT2D eigenvalue weighted by Gasteiger charge is -2.10. The normalized spacial score (nSPS) is 11.0. The minimum Gasteiger partial charge on any atom is -0.459 e. The molecular formula is C28H28N4O5S. The van der Waals surface area contributed by atoms with Gasteiger partial charge in [0.2, 0.25) is 0 Å². The number of hydrogen-bond donors (Lipinski definition) is 2. The molecule has 4 rings (SSSR count). The summed E-state index contributed by atoms with van der Waals surface area (Å²) in [6.07, 6.45) is 1.13. The molecule has 10 heteroatoms. The van der Waals surface area contributed by atoms with Gasteiger partial charge in [0.15, 0.2) is 4.96 Å². The van der Waals surface area contributed by atoms with Crippen LogP contribution < -0.4 is 16.2 Å². The molecule has 0 fully saturated rings. The summed E-state index contributed by atoms with van der Waals surface area (Å²) in [7, 11) is 0. The van der Waals surface area contributed by atoms with Crippen LogP contribution in [0.15, 0.2) is 59.4 Å². The van der Waals surface area contributed by atoms with E-state index in [9.17, 15) is 19.2 Å². The van der Waals surface area contributed by atoms with E-state index in [0.717, 1.165) is 23.3 Å². The standard InChI is InChI=1S/C28H28N4O5S/c1-5-8-20-15-22(33)32-23(25(34)29-19-13-11-18(12-14-19)27(36)37-16(2)3)24(38-28(32)30-20)26(35)31-21-10-7-6-9-17(21)4/h6-7,9-16H,5,8H2,1-4H3,(H,29,34)(H,31,35). The summed E-state index contributed by atoms with van der Waals surface area (Å²) in [6.45, 7) is 7.35. The number of amides is 2. The maximum absolute atomic E-state index is 13.5. The number of thiazole rings is 1. The van der Waals surface area contributed by atoms with Crippen LogP contribution in [0, 0.1) is 6.92 Å². The summed E-state index contributed by atoms with van der Waals surface area (Å²) in [6, 6.07) is 14.8. The Bertz CT molecular complexity index is 1570. The summed E-state index contributed by atoms with van der Waals surface area (Å²) >= 11 is 0.980. The molecule has 38 heavy (non-hydrogen) atoms. The SMILES string of the molecule is CCCc1cc(=O)n2c(C(=O)Nc3ccc(C(=O)OC(C)C)cc3)c(C(=O)Nc3ccccc3C)sc2n1. The molecule has 0 bridgehead atoms. The molecule has 0 atom stereocenters. The number of benzene rings is 2. The second-order valence-electron chi connectivity index (χ2n) is 8.99. The topological polar surface area (TPSA) is 119 Å². The smallest absolute Gasteiger partial charge is 0.338 e. The molecule has 0 aliphatic carbocycles. The van der Waals surface area contributed by atoms with E-state index in [1.165, 1.54) is 22.6 Å². The summed E-state index contributed by atoms with van der Waals surface area (Å²) in [5.74, 6) is -1.66.